The number of nitro groups is 1. The molecule has 0 spiro atoms. The van der Waals surface area contributed by atoms with E-state index in [4.69, 9.17) is 0 Å². The van der Waals surface area contributed by atoms with E-state index in [9.17, 15) is 19.3 Å². The molecule has 152 valence electrons. The molecule has 2 heterocycles. The van der Waals surface area contributed by atoms with Crippen molar-refractivity contribution < 1.29 is 14.1 Å². The third kappa shape index (κ3) is 3.81. The third-order valence-electron chi connectivity index (χ3n) is 6.27. The van der Waals surface area contributed by atoms with Crippen LogP contribution in [-0.4, -0.2) is 72.1 Å². The fourth-order valence-corrected chi connectivity index (χ4v) is 4.77. The van der Waals surface area contributed by atoms with Crippen LogP contribution in [0.15, 0.2) is 24.3 Å². The van der Waals surface area contributed by atoms with E-state index in [1.807, 2.05) is 9.91 Å². The number of fused-ring (bicyclic) bond motifs is 1. The molecule has 0 aromatic heterocycles. The van der Waals surface area contributed by atoms with Crippen LogP contribution in [-0.2, 0) is 4.79 Å². The van der Waals surface area contributed by atoms with E-state index in [0.29, 0.717) is 39.1 Å². The van der Waals surface area contributed by atoms with E-state index in [1.54, 1.807) is 12.1 Å². The van der Waals surface area contributed by atoms with Gasteiger partial charge in [0.15, 0.2) is 0 Å². The molecular weight excluding hydrogens is 365 g/mol. The van der Waals surface area contributed by atoms with E-state index in [0.717, 1.165) is 18.5 Å². The Morgan fingerprint density at radius 1 is 1.18 bits per heavy atom. The minimum absolute atomic E-state index is 0.000391. The number of piperazine rings is 1. The minimum atomic E-state index is -0.600. The normalized spacial score (nSPS) is 28.2. The molecule has 2 aliphatic heterocycles. The molecule has 3 aliphatic rings. The van der Waals surface area contributed by atoms with Crippen molar-refractivity contribution in [2.45, 2.75) is 31.3 Å². The van der Waals surface area contributed by atoms with Crippen LogP contribution in [0.4, 0.5) is 10.1 Å². The van der Waals surface area contributed by atoms with Gasteiger partial charge in [-0.25, -0.2) is 9.40 Å². The van der Waals surface area contributed by atoms with Crippen LogP contribution >= 0.6 is 0 Å². The summed E-state index contributed by atoms with van der Waals surface area (Å²) in [6.07, 6.45) is 2.43. The van der Waals surface area contributed by atoms with Crippen molar-refractivity contribution in [3.05, 3.63) is 40.2 Å². The minimum Gasteiger partial charge on any atom is -0.368 e. The molecule has 0 radical (unpaired) electrons. The van der Waals surface area contributed by atoms with Crippen LogP contribution in [0.3, 0.4) is 0 Å². The van der Waals surface area contributed by atoms with Crippen LogP contribution in [0.2, 0.25) is 0 Å². The number of rotatable bonds is 4. The molecule has 3 atom stereocenters. The summed E-state index contributed by atoms with van der Waals surface area (Å²) in [5.74, 6) is -0.0171. The molecule has 3 fully saturated rings. The van der Waals surface area contributed by atoms with Gasteiger partial charge in [0.2, 0.25) is 11.9 Å². The molecule has 1 amide bonds. The van der Waals surface area contributed by atoms with Crippen molar-refractivity contribution in [1.29, 1.82) is 0 Å². The standard InChI is InChI=1S/C19H26FN5O3/c20-15-4-6-16(7-5-15)22-8-10-23(11-9-22)18(26)13-24-19-14(12-21-24)2-1-3-17(19)25(27)28/h4-7,14,17,19,21H,1-3,8-13H2/t14?,17-,19?/m0/s1. The number of halogens is 1. The number of hydrogen-bond donors (Lipinski definition) is 1. The highest BCUT2D eigenvalue weighted by molar-refractivity contribution is 5.78. The van der Waals surface area contributed by atoms with Gasteiger partial charge in [-0.1, -0.05) is 0 Å². The number of benzene rings is 1. The predicted octanol–water partition coefficient (Wildman–Crippen LogP) is 1.11. The summed E-state index contributed by atoms with van der Waals surface area (Å²) in [6.45, 7) is 3.44. The highest BCUT2D eigenvalue weighted by Gasteiger charge is 2.48. The summed E-state index contributed by atoms with van der Waals surface area (Å²) >= 11 is 0. The van der Waals surface area contributed by atoms with Gasteiger partial charge in [0.05, 0.1) is 12.6 Å². The number of anilines is 1. The fourth-order valence-electron chi connectivity index (χ4n) is 4.77. The Bertz CT molecular complexity index is 723. The van der Waals surface area contributed by atoms with Gasteiger partial charge in [0, 0.05) is 49.8 Å². The van der Waals surface area contributed by atoms with Crippen LogP contribution in [0.25, 0.3) is 0 Å². The van der Waals surface area contributed by atoms with Crippen molar-refractivity contribution in [2.24, 2.45) is 5.92 Å². The summed E-state index contributed by atoms with van der Waals surface area (Å²) < 4.78 is 13.1. The van der Waals surface area contributed by atoms with E-state index in [1.165, 1.54) is 12.1 Å². The first-order valence-corrected chi connectivity index (χ1v) is 9.95. The SMILES string of the molecule is O=C(CN1NCC2CCC[C@H]([N+](=O)[O-])C21)N1CCN(c2ccc(F)cc2)CC1. The predicted molar refractivity (Wildman–Crippen MR) is 102 cm³/mol. The molecule has 1 N–H and O–H groups in total. The second kappa shape index (κ2) is 8.00. The van der Waals surface area contributed by atoms with Crippen molar-refractivity contribution in [1.82, 2.24) is 15.3 Å². The average molecular weight is 391 g/mol. The number of nitrogens with one attached hydrogen (secondary N) is 1. The van der Waals surface area contributed by atoms with Crippen LogP contribution in [0.5, 0.6) is 0 Å². The highest BCUT2D eigenvalue weighted by Crippen LogP contribution is 2.33. The maximum absolute atomic E-state index is 13.1. The molecule has 2 saturated heterocycles. The third-order valence-corrected chi connectivity index (χ3v) is 6.27. The Morgan fingerprint density at radius 3 is 2.57 bits per heavy atom. The lowest BCUT2D eigenvalue weighted by Crippen LogP contribution is -2.56. The quantitative estimate of drug-likeness (QED) is 0.612. The zero-order valence-electron chi connectivity index (χ0n) is 15.8. The largest absolute Gasteiger partial charge is 0.368 e. The lowest BCUT2D eigenvalue weighted by Gasteiger charge is -2.38. The molecule has 4 rings (SSSR count). The number of nitrogens with zero attached hydrogens (tertiary/aromatic N) is 4. The van der Waals surface area contributed by atoms with Gasteiger partial charge < -0.3 is 9.80 Å². The maximum atomic E-state index is 13.1. The first kappa shape index (κ1) is 19.1. The zero-order chi connectivity index (χ0) is 19.7. The van der Waals surface area contributed by atoms with E-state index < -0.39 is 6.04 Å². The van der Waals surface area contributed by atoms with Gasteiger partial charge in [-0.05, 0) is 43.0 Å². The molecule has 9 heteroatoms. The Balaban J connectivity index is 1.33. The van der Waals surface area contributed by atoms with Gasteiger partial charge in [-0.2, -0.15) is 0 Å². The van der Waals surface area contributed by atoms with Crippen LogP contribution < -0.4 is 10.3 Å². The molecule has 1 saturated carbocycles. The first-order chi connectivity index (χ1) is 13.5. The second-order valence-corrected chi connectivity index (χ2v) is 7.87. The van der Waals surface area contributed by atoms with Gasteiger partial charge in [0.1, 0.15) is 5.82 Å². The molecule has 1 aromatic carbocycles. The Kier molecular flexibility index (Phi) is 5.45. The number of carbonyl (C=O) groups excluding carboxylic acids is 1. The maximum Gasteiger partial charge on any atom is 0.238 e. The number of hydrazine groups is 1. The summed E-state index contributed by atoms with van der Waals surface area (Å²) in [4.78, 5) is 28.0. The number of hydrogen-bond acceptors (Lipinski definition) is 6. The smallest absolute Gasteiger partial charge is 0.238 e. The Hall–Kier alpha value is -2.26. The van der Waals surface area contributed by atoms with Crippen molar-refractivity contribution >= 4 is 11.6 Å². The van der Waals surface area contributed by atoms with Gasteiger partial charge in [-0.15, -0.1) is 0 Å². The van der Waals surface area contributed by atoms with Gasteiger partial charge in [-0.3, -0.25) is 20.3 Å². The Labute approximate surface area is 163 Å². The van der Waals surface area contributed by atoms with Crippen LogP contribution in [0.1, 0.15) is 19.3 Å². The number of amides is 1. The molecule has 2 unspecified atom stereocenters. The Morgan fingerprint density at radius 2 is 1.89 bits per heavy atom. The van der Waals surface area contributed by atoms with Crippen molar-refractivity contribution in [2.75, 3.05) is 44.2 Å². The second-order valence-electron chi connectivity index (χ2n) is 7.87. The lowest BCUT2D eigenvalue weighted by molar-refractivity contribution is -0.534. The lowest BCUT2D eigenvalue weighted by atomic mass is 9.82. The van der Waals surface area contributed by atoms with Gasteiger partial charge in [0.25, 0.3) is 0 Å². The van der Waals surface area contributed by atoms with Crippen molar-refractivity contribution in [3.8, 4) is 0 Å². The zero-order valence-corrected chi connectivity index (χ0v) is 15.8. The molecule has 0 bridgehead atoms. The van der Waals surface area contributed by atoms with Crippen molar-refractivity contribution in [3.63, 3.8) is 0 Å². The monoisotopic (exact) mass is 391 g/mol. The van der Waals surface area contributed by atoms with E-state index in [2.05, 4.69) is 10.3 Å². The first-order valence-electron chi connectivity index (χ1n) is 9.95. The van der Waals surface area contributed by atoms with Crippen LogP contribution in [0, 0.1) is 21.8 Å². The summed E-state index contributed by atoms with van der Waals surface area (Å²) in [7, 11) is 0. The molecule has 28 heavy (non-hydrogen) atoms. The van der Waals surface area contributed by atoms with E-state index in [-0.39, 0.29) is 35.2 Å². The summed E-state index contributed by atoms with van der Waals surface area (Å²) in [5, 5.41) is 13.3. The molecule has 1 aliphatic carbocycles. The topological polar surface area (TPSA) is 82.0 Å². The molecule has 1 aromatic rings. The molecule has 8 nitrogen and oxygen atoms in total. The average Bonchev–Trinajstić information content (AvgIpc) is 3.11. The van der Waals surface area contributed by atoms with Gasteiger partial charge >= 0.3 is 0 Å². The summed E-state index contributed by atoms with van der Waals surface area (Å²) in [6, 6.07) is 5.59. The number of carbonyl (C=O) groups is 1. The van der Waals surface area contributed by atoms with E-state index >= 15 is 0 Å². The fraction of sp³-hybridized carbons (Fsp3) is 0.632. The summed E-state index contributed by atoms with van der Waals surface area (Å²) in [5.41, 5.74) is 4.18. The molecular formula is C19H26FN5O3. The highest BCUT2D eigenvalue weighted by atomic mass is 19.1.